The third-order valence-corrected chi connectivity index (χ3v) is 5.75. The first-order valence-electron chi connectivity index (χ1n) is 12.5. The van der Waals surface area contributed by atoms with Gasteiger partial charge in [0.15, 0.2) is 0 Å². The van der Waals surface area contributed by atoms with Crippen molar-refractivity contribution in [3.63, 3.8) is 0 Å². The van der Waals surface area contributed by atoms with Gasteiger partial charge in [0.25, 0.3) is 6.47 Å². The Morgan fingerprint density at radius 3 is 2.09 bits per heavy atom. The standard InChI is InChI=1S/C23H46NO8P/c1-2-3-4-5-6-7-8-10-13-16-23(26)32-22(20-31-33(27,28)29)19-24-17-14-11-9-12-15-18-30-21-25/h21-22,24H,2-20H2,1H3,(H2,27,28,29)/t22-/m0/s1. The minimum Gasteiger partial charge on any atom is -0.468 e. The largest absolute Gasteiger partial charge is 0.469 e. The summed E-state index contributed by atoms with van der Waals surface area (Å²) in [5, 5.41) is 3.16. The van der Waals surface area contributed by atoms with Crippen molar-refractivity contribution in [2.75, 3.05) is 26.3 Å². The van der Waals surface area contributed by atoms with Gasteiger partial charge in [-0.15, -0.1) is 0 Å². The van der Waals surface area contributed by atoms with Crippen LogP contribution in [-0.4, -0.2) is 54.6 Å². The lowest BCUT2D eigenvalue weighted by Gasteiger charge is -2.19. The fourth-order valence-corrected chi connectivity index (χ4v) is 3.78. The van der Waals surface area contributed by atoms with Crippen molar-refractivity contribution in [2.24, 2.45) is 0 Å². The van der Waals surface area contributed by atoms with E-state index in [4.69, 9.17) is 14.5 Å². The summed E-state index contributed by atoms with van der Waals surface area (Å²) in [7, 11) is -4.62. The van der Waals surface area contributed by atoms with Gasteiger partial charge in [-0.05, 0) is 25.8 Å². The zero-order valence-corrected chi connectivity index (χ0v) is 21.3. The first kappa shape index (κ1) is 32.0. The molecular weight excluding hydrogens is 449 g/mol. The van der Waals surface area contributed by atoms with Gasteiger partial charge in [0.05, 0.1) is 13.2 Å². The Morgan fingerprint density at radius 2 is 1.48 bits per heavy atom. The molecule has 0 heterocycles. The second-order valence-corrected chi connectivity index (χ2v) is 9.65. The van der Waals surface area contributed by atoms with Gasteiger partial charge in [0.2, 0.25) is 0 Å². The van der Waals surface area contributed by atoms with Crippen LogP contribution in [-0.2, 0) is 28.2 Å². The number of ether oxygens (including phenoxy) is 2. The second-order valence-electron chi connectivity index (χ2n) is 8.42. The Hall–Kier alpha value is -0.990. The fourth-order valence-electron chi connectivity index (χ4n) is 3.42. The van der Waals surface area contributed by atoms with Gasteiger partial charge in [-0.1, -0.05) is 77.6 Å². The molecule has 0 aliphatic heterocycles. The predicted molar refractivity (Wildman–Crippen MR) is 128 cm³/mol. The summed E-state index contributed by atoms with van der Waals surface area (Å²) in [5.41, 5.74) is 0. The molecule has 10 heteroatoms. The van der Waals surface area contributed by atoms with Crippen molar-refractivity contribution < 1.29 is 37.9 Å². The van der Waals surface area contributed by atoms with Crippen LogP contribution in [0, 0.1) is 0 Å². The second kappa shape index (κ2) is 22.8. The molecule has 0 aromatic carbocycles. The van der Waals surface area contributed by atoms with E-state index in [1.165, 1.54) is 38.5 Å². The number of rotatable bonds is 25. The molecule has 0 rings (SSSR count). The molecule has 0 aliphatic rings. The van der Waals surface area contributed by atoms with E-state index in [0.717, 1.165) is 51.4 Å². The van der Waals surface area contributed by atoms with Crippen molar-refractivity contribution in [1.29, 1.82) is 0 Å². The normalized spacial score (nSPS) is 12.5. The van der Waals surface area contributed by atoms with Gasteiger partial charge < -0.3 is 24.6 Å². The van der Waals surface area contributed by atoms with Crippen LogP contribution < -0.4 is 5.32 Å². The number of hydrogen-bond donors (Lipinski definition) is 3. The van der Waals surface area contributed by atoms with Crippen molar-refractivity contribution in [2.45, 2.75) is 109 Å². The first-order valence-corrected chi connectivity index (χ1v) is 14.1. The zero-order valence-electron chi connectivity index (χ0n) is 20.4. The smallest absolute Gasteiger partial charge is 0.468 e. The first-order chi connectivity index (χ1) is 15.9. The van der Waals surface area contributed by atoms with E-state index in [0.29, 0.717) is 26.0 Å². The van der Waals surface area contributed by atoms with Crippen molar-refractivity contribution >= 4 is 20.3 Å². The topological polar surface area (TPSA) is 131 Å². The van der Waals surface area contributed by atoms with E-state index in [9.17, 15) is 14.2 Å². The van der Waals surface area contributed by atoms with E-state index in [1.54, 1.807) is 0 Å². The highest BCUT2D eigenvalue weighted by Crippen LogP contribution is 2.35. The van der Waals surface area contributed by atoms with Crippen LogP contribution in [0.3, 0.4) is 0 Å². The molecule has 0 saturated heterocycles. The SMILES string of the molecule is CCCCCCCCCCCC(=O)O[C@@H](CNCCCCCCCOC=O)COP(=O)(O)O. The summed E-state index contributed by atoms with van der Waals surface area (Å²) in [4.78, 5) is 40.1. The summed E-state index contributed by atoms with van der Waals surface area (Å²) < 4.78 is 25.6. The maximum Gasteiger partial charge on any atom is 0.469 e. The Labute approximate surface area is 199 Å². The quantitative estimate of drug-likeness (QED) is 0.0717. The summed E-state index contributed by atoms with van der Waals surface area (Å²) in [5.74, 6) is -0.364. The van der Waals surface area contributed by atoms with Crippen LogP contribution in [0.1, 0.15) is 103 Å². The lowest BCUT2D eigenvalue weighted by molar-refractivity contribution is -0.150. The Bertz CT molecular complexity index is 515. The Kier molecular flexibility index (Phi) is 22.1. The van der Waals surface area contributed by atoms with Crippen molar-refractivity contribution in [3.05, 3.63) is 0 Å². The molecule has 0 unspecified atom stereocenters. The molecular formula is C23H46NO8P. The lowest BCUT2D eigenvalue weighted by atomic mass is 10.1. The zero-order chi connectivity index (χ0) is 24.6. The molecule has 0 aliphatic carbocycles. The molecule has 0 spiro atoms. The Balaban J connectivity index is 3.96. The number of unbranched alkanes of at least 4 members (excludes halogenated alkanes) is 12. The number of carbonyl (C=O) groups excluding carboxylic acids is 2. The minimum atomic E-state index is -4.62. The van der Waals surface area contributed by atoms with Crippen LogP contribution in [0.15, 0.2) is 0 Å². The van der Waals surface area contributed by atoms with Gasteiger partial charge in [0.1, 0.15) is 6.10 Å². The van der Waals surface area contributed by atoms with E-state index >= 15 is 0 Å². The Morgan fingerprint density at radius 1 is 0.909 bits per heavy atom. The molecule has 0 bridgehead atoms. The number of carbonyl (C=O) groups is 2. The molecule has 1 atom stereocenters. The average Bonchev–Trinajstić information content (AvgIpc) is 2.76. The molecule has 0 aromatic rings. The highest BCUT2D eigenvalue weighted by molar-refractivity contribution is 7.46. The van der Waals surface area contributed by atoms with Gasteiger partial charge >= 0.3 is 13.8 Å². The van der Waals surface area contributed by atoms with Crippen LogP contribution in [0.5, 0.6) is 0 Å². The third-order valence-electron chi connectivity index (χ3n) is 5.27. The van der Waals surface area contributed by atoms with E-state index in [2.05, 4.69) is 21.5 Å². The summed E-state index contributed by atoms with van der Waals surface area (Å²) in [6.07, 6.45) is 14.8. The predicted octanol–water partition coefficient (Wildman–Crippen LogP) is 4.64. The van der Waals surface area contributed by atoms with Crippen molar-refractivity contribution in [1.82, 2.24) is 5.32 Å². The summed E-state index contributed by atoms with van der Waals surface area (Å²) in [6.45, 7) is 3.74. The minimum absolute atomic E-state index is 0.274. The highest BCUT2D eigenvalue weighted by Gasteiger charge is 2.21. The fraction of sp³-hybridized carbons (Fsp3) is 0.913. The molecule has 0 radical (unpaired) electrons. The lowest BCUT2D eigenvalue weighted by Crippen LogP contribution is -2.35. The molecule has 9 nitrogen and oxygen atoms in total. The average molecular weight is 496 g/mol. The highest BCUT2D eigenvalue weighted by atomic mass is 31.2. The van der Waals surface area contributed by atoms with Crippen LogP contribution in [0.2, 0.25) is 0 Å². The van der Waals surface area contributed by atoms with Crippen LogP contribution >= 0.6 is 7.82 Å². The molecule has 0 saturated carbocycles. The number of esters is 1. The van der Waals surface area contributed by atoms with Gasteiger partial charge in [-0.25, -0.2) is 4.57 Å². The monoisotopic (exact) mass is 495 g/mol. The molecule has 196 valence electrons. The molecule has 0 aromatic heterocycles. The van der Waals surface area contributed by atoms with Crippen LogP contribution in [0.25, 0.3) is 0 Å². The number of nitrogens with one attached hydrogen (secondary N) is 1. The van der Waals surface area contributed by atoms with Gasteiger partial charge in [-0.2, -0.15) is 0 Å². The molecule has 33 heavy (non-hydrogen) atoms. The van der Waals surface area contributed by atoms with Gasteiger partial charge in [-0.3, -0.25) is 14.1 Å². The van der Waals surface area contributed by atoms with Crippen molar-refractivity contribution in [3.8, 4) is 0 Å². The molecule has 3 N–H and O–H groups in total. The van der Waals surface area contributed by atoms with Gasteiger partial charge in [0, 0.05) is 13.0 Å². The third kappa shape index (κ3) is 25.5. The number of phosphoric acid groups is 1. The summed E-state index contributed by atoms with van der Waals surface area (Å²) in [6, 6.07) is 0. The maximum absolute atomic E-state index is 12.1. The van der Waals surface area contributed by atoms with E-state index in [1.807, 2.05) is 0 Å². The van der Waals surface area contributed by atoms with E-state index < -0.39 is 13.9 Å². The van der Waals surface area contributed by atoms with Crippen LogP contribution in [0.4, 0.5) is 0 Å². The number of phosphoric ester groups is 1. The van der Waals surface area contributed by atoms with E-state index in [-0.39, 0.29) is 19.1 Å². The molecule has 0 fully saturated rings. The summed E-state index contributed by atoms with van der Waals surface area (Å²) >= 11 is 0. The maximum atomic E-state index is 12.1. The molecule has 0 amide bonds. The number of hydrogen-bond acceptors (Lipinski definition) is 7.